The van der Waals surface area contributed by atoms with Gasteiger partial charge in [0.15, 0.2) is 5.82 Å². The minimum atomic E-state index is 0.291. The van der Waals surface area contributed by atoms with Gasteiger partial charge in [0.2, 0.25) is 5.95 Å². The van der Waals surface area contributed by atoms with E-state index in [2.05, 4.69) is 19.9 Å². The average Bonchev–Trinajstić information content (AvgIpc) is 2.47. The molecule has 20 heavy (non-hydrogen) atoms. The molecule has 2 aromatic rings. The molecule has 0 unspecified atom stereocenters. The highest BCUT2D eigenvalue weighted by Crippen LogP contribution is 2.31. The molecule has 2 aromatic heterocycles. The average molecular weight is 269 g/mol. The zero-order valence-electron chi connectivity index (χ0n) is 11.7. The first-order valence-corrected chi connectivity index (χ1v) is 7.18. The van der Waals surface area contributed by atoms with Gasteiger partial charge >= 0.3 is 0 Å². The third kappa shape index (κ3) is 2.76. The normalized spacial score (nSPS) is 16.2. The molecule has 2 heterocycles. The van der Waals surface area contributed by atoms with Gasteiger partial charge in [-0.05, 0) is 31.9 Å². The molecule has 0 amide bonds. The number of pyridine rings is 1. The fourth-order valence-corrected chi connectivity index (χ4v) is 2.73. The number of hydrogen-bond acceptors (Lipinski definition) is 5. The van der Waals surface area contributed by atoms with Crippen LogP contribution in [0.1, 0.15) is 49.5 Å². The summed E-state index contributed by atoms with van der Waals surface area (Å²) in [5.41, 5.74) is 7.56. The molecular formula is C15H19N5. The Labute approximate surface area is 118 Å². The Bertz CT molecular complexity index is 605. The lowest BCUT2D eigenvalue weighted by Crippen LogP contribution is -2.12. The SMILES string of the molecule is Cc1cccc(-c2nc(N)nc(C3CCCCC3)n2)n1. The van der Waals surface area contributed by atoms with Crippen LogP contribution in [-0.4, -0.2) is 19.9 Å². The van der Waals surface area contributed by atoms with E-state index >= 15 is 0 Å². The Morgan fingerprint density at radius 1 is 1.00 bits per heavy atom. The molecule has 1 fully saturated rings. The molecule has 0 radical (unpaired) electrons. The maximum Gasteiger partial charge on any atom is 0.223 e. The maximum absolute atomic E-state index is 5.85. The van der Waals surface area contributed by atoms with Gasteiger partial charge in [-0.3, -0.25) is 0 Å². The predicted octanol–water partition coefficient (Wildman–Crippen LogP) is 2.87. The van der Waals surface area contributed by atoms with Crippen molar-refractivity contribution < 1.29 is 0 Å². The molecule has 5 heteroatoms. The van der Waals surface area contributed by atoms with Gasteiger partial charge in [0.1, 0.15) is 11.5 Å². The van der Waals surface area contributed by atoms with E-state index in [0.29, 0.717) is 17.7 Å². The Balaban J connectivity index is 1.97. The molecule has 104 valence electrons. The van der Waals surface area contributed by atoms with Crippen molar-refractivity contribution in [3.05, 3.63) is 29.7 Å². The number of anilines is 1. The van der Waals surface area contributed by atoms with Crippen LogP contribution >= 0.6 is 0 Å². The lowest BCUT2D eigenvalue weighted by Gasteiger charge is -2.20. The fourth-order valence-electron chi connectivity index (χ4n) is 2.73. The van der Waals surface area contributed by atoms with E-state index in [1.165, 1.54) is 19.3 Å². The van der Waals surface area contributed by atoms with Crippen molar-refractivity contribution in [1.29, 1.82) is 0 Å². The Morgan fingerprint density at radius 3 is 2.55 bits per heavy atom. The molecule has 0 aromatic carbocycles. The van der Waals surface area contributed by atoms with E-state index in [0.717, 1.165) is 30.1 Å². The van der Waals surface area contributed by atoms with Crippen molar-refractivity contribution in [2.45, 2.75) is 44.9 Å². The number of nitrogen functional groups attached to an aromatic ring is 1. The van der Waals surface area contributed by atoms with E-state index in [9.17, 15) is 0 Å². The summed E-state index contributed by atoms with van der Waals surface area (Å²) >= 11 is 0. The number of hydrogen-bond donors (Lipinski definition) is 1. The maximum atomic E-state index is 5.85. The summed E-state index contributed by atoms with van der Waals surface area (Å²) < 4.78 is 0. The minimum absolute atomic E-state index is 0.291. The highest BCUT2D eigenvalue weighted by atomic mass is 15.1. The molecule has 0 atom stereocenters. The largest absolute Gasteiger partial charge is 0.368 e. The van der Waals surface area contributed by atoms with Crippen LogP contribution in [0.25, 0.3) is 11.5 Å². The Hall–Kier alpha value is -2.04. The van der Waals surface area contributed by atoms with Gasteiger partial charge in [-0.2, -0.15) is 9.97 Å². The van der Waals surface area contributed by atoms with Gasteiger partial charge in [0, 0.05) is 11.6 Å². The van der Waals surface area contributed by atoms with E-state index in [1.54, 1.807) is 0 Å². The second kappa shape index (κ2) is 5.53. The van der Waals surface area contributed by atoms with Gasteiger partial charge in [-0.25, -0.2) is 9.97 Å². The molecule has 0 bridgehead atoms. The Kier molecular flexibility index (Phi) is 3.58. The highest BCUT2D eigenvalue weighted by Gasteiger charge is 2.20. The topological polar surface area (TPSA) is 77.6 Å². The van der Waals surface area contributed by atoms with Crippen LogP contribution in [-0.2, 0) is 0 Å². The van der Waals surface area contributed by atoms with Crippen molar-refractivity contribution in [3.8, 4) is 11.5 Å². The van der Waals surface area contributed by atoms with E-state index in [4.69, 9.17) is 5.73 Å². The standard InChI is InChI=1S/C15H19N5/c1-10-6-5-9-12(17-10)14-18-13(19-15(16)20-14)11-7-3-2-4-8-11/h5-6,9,11H,2-4,7-8H2,1H3,(H2,16,18,19,20). The molecule has 1 aliphatic rings. The lowest BCUT2D eigenvalue weighted by molar-refractivity contribution is 0.428. The number of nitrogens with two attached hydrogens (primary N) is 1. The molecule has 0 aliphatic heterocycles. The van der Waals surface area contributed by atoms with Crippen LogP contribution in [0.5, 0.6) is 0 Å². The molecule has 1 saturated carbocycles. The summed E-state index contributed by atoms with van der Waals surface area (Å²) in [6, 6.07) is 5.82. The quantitative estimate of drug-likeness (QED) is 0.907. The fraction of sp³-hybridized carbons (Fsp3) is 0.467. The second-order valence-electron chi connectivity index (χ2n) is 5.37. The van der Waals surface area contributed by atoms with Crippen LogP contribution < -0.4 is 5.73 Å². The third-order valence-corrected chi connectivity index (χ3v) is 3.76. The van der Waals surface area contributed by atoms with Gasteiger partial charge in [-0.15, -0.1) is 0 Å². The van der Waals surface area contributed by atoms with E-state index in [-0.39, 0.29) is 0 Å². The van der Waals surface area contributed by atoms with Crippen molar-refractivity contribution >= 4 is 5.95 Å². The monoisotopic (exact) mass is 269 g/mol. The first-order valence-electron chi connectivity index (χ1n) is 7.18. The van der Waals surface area contributed by atoms with Gasteiger partial charge in [0.25, 0.3) is 0 Å². The lowest BCUT2D eigenvalue weighted by atomic mass is 9.89. The first kappa shape index (κ1) is 13.0. The smallest absolute Gasteiger partial charge is 0.223 e. The van der Waals surface area contributed by atoms with Crippen molar-refractivity contribution in [3.63, 3.8) is 0 Å². The molecule has 2 N–H and O–H groups in total. The van der Waals surface area contributed by atoms with E-state index in [1.807, 2.05) is 25.1 Å². The van der Waals surface area contributed by atoms with Crippen LogP contribution in [0.3, 0.4) is 0 Å². The second-order valence-corrected chi connectivity index (χ2v) is 5.37. The summed E-state index contributed by atoms with van der Waals surface area (Å²) in [7, 11) is 0. The van der Waals surface area contributed by atoms with Gasteiger partial charge < -0.3 is 5.73 Å². The molecule has 1 aliphatic carbocycles. The highest BCUT2D eigenvalue weighted by molar-refractivity contribution is 5.50. The zero-order chi connectivity index (χ0) is 13.9. The molecule has 3 rings (SSSR count). The van der Waals surface area contributed by atoms with Crippen molar-refractivity contribution in [2.24, 2.45) is 0 Å². The summed E-state index contributed by atoms with van der Waals surface area (Å²) in [5, 5.41) is 0. The summed E-state index contributed by atoms with van der Waals surface area (Å²) in [6.07, 6.45) is 6.08. The van der Waals surface area contributed by atoms with Crippen molar-refractivity contribution in [2.75, 3.05) is 5.73 Å². The number of aryl methyl sites for hydroxylation is 1. The van der Waals surface area contributed by atoms with Gasteiger partial charge in [-0.1, -0.05) is 25.3 Å². The molecule has 5 nitrogen and oxygen atoms in total. The van der Waals surface area contributed by atoms with Crippen LogP contribution in [0, 0.1) is 6.92 Å². The molecule has 0 saturated heterocycles. The summed E-state index contributed by atoms with van der Waals surface area (Å²) in [5.74, 6) is 2.12. The third-order valence-electron chi connectivity index (χ3n) is 3.76. The van der Waals surface area contributed by atoms with Crippen LogP contribution in [0.15, 0.2) is 18.2 Å². The number of aromatic nitrogens is 4. The minimum Gasteiger partial charge on any atom is -0.368 e. The Morgan fingerprint density at radius 2 is 1.80 bits per heavy atom. The first-order chi connectivity index (χ1) is 9.72. The van der Waals surface area contributed by atoms with Crippen LogP contribution in [0.2, 0.25) is 0 Å². The number of nitrogens with zero attached hydrogens (tertiary/aromatic N) is 4. The van der Waals surface area contributed by atoms with Crippen molar-refractivity contribution in [1.82, 2.24) is 19.9 Å². The summed E-state index contributed by atoms with van der Waals surface area (Å²) in [4.78, 5) is 17.6. The summed E-state index contributed by atoms with van der Waals surface area (Å²) in [6.45, 7) is 1.95. The number of rotatable bonds is 2. The molecule has 0 spiro atoms. The predicted molar refractivity (Wildman–Crippen MR) is 78.0 cm³/mol. The van der Waals surface area contributed by atoms with Gasteiger partial charge in [0.05, 0.1) is 0 Å². The van der Waals surface area contributed by atoms with Crippen LogP contribution in [0.4, 0.5) is 5.95 Å². The zero-order valence-corrected chi connectivity index (χ0v) is 11.7. The van der Waals surface area contributed by atoms with E-state index < -0.39 is 0 Å². The molecular weight excluding hydrogens is 250 g/mol.